The Hall–Kier alpha value is -1.88. The summed E-state index contributed by atoms with van der Waals surface area (Å²) in [6.45, 7) is 4.02. The van der Waals surface area contributed by atoms with Crippen molar-refractivity contribution >= 4 is 11.8 Å². The molecule has 2 heterocycles. The van der Waals surface area contributed by atoms with Gasteiger partial charge in [-0.15, -0.1) is 0 Å². The Morgan fingerprint density at radius 1 is 1.17 bits per heavy atom. The molecule has 1 aromatic carbocycles. The van der Waals surface area contributed by atoms with Gasteiger partial charge in [-0.1, -0.05) is 18.2 Å². The highest BCUT2D eigenvalue weighted by Gasteiger charge is 2.31. The minimum atomic E-state index is -0.242. The molecular weight excluding hydrogens is 292 g/mol. The number of ether oxygens (including phenoxy) is 1. The molecular formula is C18H24N2O3. The Morgan fingerprint density at radius 3 is 2.57 bits per heavy atom. The number of hydrogen-bond donors (Lipinski definition) is 1. The molecule has 1 aromatic rings. The highest BCUT2D eigenvalue weighted by Crippen LogP contribution is 2.18. The van der Waals surface area contributed by atoms with E-state index in [0.29, 0.717) is 19.7 Å². The Morgan fingerprint density at radius 2 is 1.91 bits per heavy atom. The molecule has 2 aliphatic heterocycles. The van der Waals surface area contributed by atoms with Crippen molar-refractivity contribution in [2.75, 3.05) is 19.7 Å². The zero-order valence-corrected chi connectivity index (χ0v) is 13.6. The minimum Gasteiger partial charge on any atom is -0.368 e. The smallest absolute Gasteiger partial charge is 0.251 e. The molecule has 5 nitrogen and oxygen atoms in total. The number of hydrogen-bond acceptors (Lipinski definition) is 3. The zero-order valence-electron chi connectivity index (χ0n) is 13.6. The van der Waals surface area contributed by atoms with Gasteiger partial charge in [0.05, 0.1) is 0 Å². The summed E-state index contributed by atoms with van der Waals surface area (Å²) in [7, 11) is 0. The van der Waals surface area contributed by atoms with Crippen LogP contribution >= 0.6 is 0 Å². The predicted molar refractivity (Wildman–Crippen MR) is 87.2 cm³/mol. The van der Waals surface area contributed by atoms with Gasteiger partial charge in [0.15, 0.2) is 0 Å². The zero-order chi connectivity index (χ0) is 16.2. The van der Waals surface area contributed by atoms with Crippen LogP contribution in [0, 0.1) is 6.92 Å². The highest BCUT2D eigenvalue weighted by molar-refractivity contribution is 5.95. The number of likely N-dealkylation sites (tertiary alicyclic amines) is 1. The van der Waals surface area contributed by atoms with Gasteiger partial charge in [0.25, 0.3) is 11.8 Å². The van der Waals surface area contributed by atoms with Gasteiger partial charge < -0.3 is 15.0 Å². The maximum Gasteiger partial charge on any atom is 0.251 e. The first-order valence-corrected chi connectivity index (χ1v) is 8.42. The molecule has 1 N–H and O–H groups in total. The Bertz CT molecular complexity index is 573. The normalized spacial score (nSPS) is 22.1. The molecule has 2 fully saturated rings. The largest absolute Gasteiger partial charge is 0.368 e. The van der Waals surface area contributed by atoms with Crippen LogP contribution in [0.15, 0.2) is 24.3 Å². The van der Waals surface area contributed by atoms with E-state index in [9.17, 15) is 9.59 Å². The number of amides is 2. The third-order valence-electron chi connectivity index (χ3n) is 4.74. The van der Waals surface area contributed by atoms with Crippen LogP contribution in [0.1, 0.15) is 41.6 Å². The molecule has 1 atom stereocenters. The number of nitrogens with one attached hydrogen (secondary N) is 1. The van der Waals surface area contributed by atoms with E-state index in [0.717, 1.165) is 36.8 Å². The van der Waals surface area contributed by atoms with Crippen molar-refractivity contribution < 1.29 is 14.3 Å². The summed E-state index contributed by atoms with van der Waals surface area (Å²) >= 11 is 0. The highest BCUT2D eigenvalue weighted by atomic mass is 16.5. The molecule has 0 spiro atoms. The second-order valence-electron chi connectivity index (χ2n) is 6.39. The standard InChI is InChI=1S/C18H24N2O3/c1-13-5-2-3-6-15(13)17(21)19-14-8-10-20(11-9-14)18(22)16-7-4-12-23-16/h2-3,5-6,14,16H,4,7-12H2,1H3,(H,19,21). The average molecular weight is 316 g/mol. The van der Waals surface area contributed by atoms with Gasteiger partial charge >= 0.3 is 0 Å². The van der Waals surface area contributed by atoms with E-state index < -0.39 is 0 Å². The lowest BCUT2D eigenvalue weighted by atomic mass is 10.0. The van der Waals surface area contributed by atoms with E-state index in [4.69, 9.17) is 4.74 Å². The maximum atomic E-state index is 12.3. The van der Waals surface area contributed by atoms with Crippen LogP contribution in [0.5, 0.6) is 0 Å². The molecule has 1 unspecified atom stereocenters. The molecule has 0 radical (unpaired) electrons. The van der Waals surface area contributed by atoms with E-state index >= 15 is 0 Å². The lowest BCUT2D eigenvalue weighted by Gasteiger charge is -2.33. The van der Waals surface area contributed by atoms with Gasteiger partial charge in [0.1, 0.15) is 6.10 Å². The second-order valence-corrected chi connectivity index (χ2v) is 6.39. The number of carbonyl (C=O) groups is 2. The molecule has 23 heavy (non-hydrogen) atoms. The fourth-order valence-corrected chi connectivity index (χ4v) is 3.31. The van der Waals surface area contributed by atoms with Crippen molar-refractivity contribution in [3.8, 4) is 0 Å². The number of nitrogens with zero attached hydrogens (tertiary/aromatic N) is 1. The number of aryl methyl sites for hydroxylation is 1. The van der Waals surface area contributed by atoms with Crippen molar-refractivity contribution in [1.82, 2.24) is 10.2 Å². The average Bonchev–Trinajstić information content (AvgIpc) is 3.09. The Kier molecular flexibility index (Phi) is 4.96. The molecule has 2 aliphatic rings. The first-order chi connectivity index (χ1) is 11.1. The van der Waals surface area contributed by atoms with Crippen molar-refractivity contribution in [2.24, 2.45) is 0 Å². The summed E-state index contributed by atoms with van der Waals surface area (Å²) in [5, 5.41) is 3.10. The molecule has 0 saturated carbocycles. The first kappa shape index (κ1) is 16.0. The molecule has 0 aliphatic carbocycles. The van der Waals surface area contributed by atoms with Crippen LogP contribution in [0.3, 0.4) is 0 Å². The molecule has 124 valence electrons. The van der Waals surface area contributed by atoms with Crippen molar-refractivity contribution in [3.05, 3.63) is 35.4 Å². The molecule has 0 bridgehead atoms. The van der Waals surface area contributed by atoms with Gasteiger partial charge in [-0.2, -0.15) is 0 Å². The number of rotatable bonds is 3. The first-order valence-electron chi connectivity index (χ1n) is 8.42. The topological polar surface area (TPSA) is 58.6 Å². The van der Waals surface area contributed by atoms with E-state index in [1.807, 2.05) is 36.1 Å². The summed E-state index contributed by atoms with van der Waals surface area (Å²) in [4.78, 5) is 26.5. The Labute approximate surface area is 137 Å². The summed E-state index contributed by atoms with van der Waals surface area (Å²) in [5.74, 6) is 0.0955. The third kappa shape index (κ3) is 3.72. The van der Waals surface area contributed by atoms with E-state index in [1.54, 1.807) is 0 Å². The van der Waals surface area contributed by atoms with Crippen molar-refractivity contribution in [2.45, 2.75) is 44.8 Å². The van der Waals surface area contributed by atoms with Crippen LogP contribution in [-0.2, 0) is 9.53 Å². The van der Waals surface area contributed by atoms with Gasteiger partial charge in [-0.05, 0) is 44.2 Å². The summed E-state index contributed by atoms with van der Waals surface area (Å²) in [6, 6.07) is 7.74. The molecule has 3 rings (SSSR count). The van der Waals surface area contributed by atoms with Gasteiger partial charge in [-0.25, -0.2) is 0 Å². The summed E-state index contributed by atoms with van der Waals surface area (Å²) in [6.07, 6.45) is 3.17. The monoisotopic (exact) mass is 316 g/mol. The summed E-state index contributed by atoms with van der Waals surface area (Å²) in [5.41, 5.74) is 1.71. The lowest BCUT2D eigenvalue weighted by Crippen LogP contribution is -2.49. The molecule has 0 aromatic heterocycles. The van der Waals surface area contributed by atoms with Crippen molar-refractivity contribution in [1.29, 1.82) is 0 Å². The van der Waals surface area contributed by atoms with Crippen LogP contribution in [0.25, 0.3) is 0 Å². The predicted octanol–water partition coefficient (Wildman–Crippen LogP) is 1.89. The fourth-order valence-electron chi connectivity index (χ4n) is 3.31. The minimum absolute atomic E-state index is 0.0213. The number of piperidine rings is 1. The van der Waals surface area contributed by atoms with Crippen molar-refractivity contribution in [3.63, 3.8) is 0 Å². The van der Waals surface area contributed by atoms with Gasteiger partial charge in [0.2, 0.25) is 0 Å². The number of carbonyl (C=O) groups excluding carboxylic acids is 2. The van der Waals surface area contributed by atoms with Crippen LogP contribution < -0.4 is 5.32 Å². The molecule has 5 heteroatoms. The second kappa shape index (κ2) is 7.13. The van der Waals surface area contributed by atoms with E-state index in [1.165, 1.54) is 0 Å². The Balaban J connectivity index is 1.50. The molecule has 2 amide bonds. The fraction of sp³-hybridized carbons (Fsp3) is 0.556. The van der Waals surface area contributed by atoms with Gasteiger partial charge in [0, 0.05) is 31.3 Å². The van der Waals surface area contributed by atoms with E-state index in [2.05, 4.69) is 5.32 Å². The van der Waals surface area contributed by atoms with Crippen LogP contribution in [0.4, 0.5) is 0 Å². The summed E-state index contributed by atoms with van der Waals surface area (Å²) < 4.78 is 5.47. The lowest BCUT2D eigenvalue weighted by molar-refractivity contribution is -0.142. The maximum absolute atomic E-state index is 12.3. The quantitative estimate of drug-likeness (QED) is 0.926. The third-order valence-corrected chi connectivity index (χ3v) is 4.74. The van der Waals surface area contributed by atoms with Gasteiger partial charge in [-0.3, -0.25) is 9.59 Å². The number of benzene rings is 1. The molecule has 2 saturated heterocycles. The SMILES string of the molecule is Cc1ccccc1C(=O)NC1CCN(C(=O)C2CCCO2)CC1. The van der Waals surface area contributed by atoms with Crippen LogP contribution in [0.2, 0.25) is 0 Å². The van der Waals surface area contributed by atoms with Crippen LogP contribution in [-0.4, -0.2) is 48.6 Å². The van der Waals surface area contributed by atoms with E-state index in [-0.39, 0.29) is 24.0 Å².